The first-order valence-electron chi connectivity index (χ1n) is 8.92. The van der Waals surface area contributed by atoms with E-state index in [-0.39, 0.29) is 40.7 Å². The molecule has 1 unspecified atom stereocenters. The lowest BCUT2D eigenvalue weighted by atomic mass is 9.44. The molecule has 0 spiro atoms. The summed E-state index contributed by atoms with van der Waals surface area (Å²) >= 11 is 0. The average Bonchev–Trinajstić information content (AvgIpc) is 2.82. The summed E-state index contributed by atoms with van der Waals surface area (Å²) in [6.07, 6.45) is 5.31. The molecule has 0 radical (unpaired) electrons. The minimum Gasteiger partial charge on any atom is -0.300 e. The van der Waals surface area contributed by atoms with E-state index in [0.717, 1.165) is 6.42 Å². The predicted octanol–water partition coefficient (Wildman–Crippen LogP) is 4.19. The highest BCUT2D eigenvalue weighted by atomic mass is 19.3. The molecule has 6 atom stereocenters. The minimum absolute atomic E-state index is 0.0389. The summed E-state index contributed by atoms with van der Waals surface area (Å²) < 4.78 is 28.5. The molecule has 2 nitrogen and oxygen atoms in total. The lowest BCUT2D eigenvalue weighted by Gasteiger charge is -2.59. The zero-order valence-electron chi connectivity index (χ0n) is 13.6. The number of carbonyl (C=O) groups is 2. The Balaban J connectivity index is 1.72. The fraction of sp³-hybridized carbons (Fsp3) is 0.789. The summed E-state index contributed by atoms with van der Waals surface area (Å²) in [7, 11) is 0. The van der Waals surface area contributed by atoms with Crippen LogP contribution in [0.1, 0.15) is 51.9 Å². The Kier molecular flexibility index (Phi) is 3.34. The van der Waals surface area contributed by atoms with Crippen LogP contribution in [0.25, 0.3) is 0 Å². The van der Waals surface area contributed by atoms with Crippen molar-refractivity contribution in [3.63, 3.8) is 0 Å². The summed E-state index contributed by atoms with van der Waals surface area (Å²) in [4.78, 5) is 24.1. The highest BCUT2D eigenvalue weighted by molar-refractivity contribution is 5.97. The van der Waals surface area contributed by atoms with E-state index >= 15 is 0 Å². The lowest BCUT2D eigenvalue weighted by molar-refractivity contribution is -0.180. The van der Waals surface area contributed by atoms with Gasteiger partial charge in [0.2, 0.25) is 6.43 Å². The van der Waals surface area contributed by atoms with Crippen LogP contribution in [0.2, 0.25) is 0 Å². The summed E-state index contributed by atoms with van der Waals surface area (Å²) in [5, 5.41) is 0. The fourth-order valence-electron chi connectivity index (χ4n) is 6.46. The van der Waals surface area contributed by atoms with Gasteiger partial charge in [0, 0.05) is 23.7 Å². The maximum atomic E-state index is 14.3. The van der Waals surface area contributed by atoms with E-state index in [1.807, 2.05) is 13.0 Å². The Morgan fingerprint density at radius 2 is 1.96 bits per heavy atom. The quantitative estimate of drug-likeness (QED) is 0.725. The smallest absolute Gasteiger partial charge is 0.244 e. The maximum absolute atomic E-state index is 14.3. The van der Waals surface area contributed by atoms with E-state index in [4.69, 9.17) is 0 Å². The normalized spacial score (nSPS) is 49.0. The van der Waals surface area contributed by atoms with Crippen LogP contribution in [-0.4, -0.2) is 18.0 Å². The second kappa shape index (κ2) is 4.97. The number of alkyl halides is 2. The van der Waals surface area contributed by atoms with Crippen molar-refractivity contribution >= 4 is 11.6 Å². The number of Topliss-reactive ketones (excluding diaryl/α,β-unsaturated/α-hetero) is 1. The summed E-state index contributed by atoms with van der Waals surface area (Å²) in [6.45, 7) is 2.02. The second-order valence-corrected chi connectivity index (χ2v) is 8.41. The number of allylic oxidation sites excluding steroid dienone is 2. The Bertz CT molecular complexity index is 584. The molecule has 0 saturated heterocycles. The van der Waals surface area contributed by atoms with Gasteiger partial charge in [-0.15, -0.1) is 0 Å². The third-order valence-electron chi connectivity index (χ3n) is 7.72. The van der Waals surface area contributed by atoms with Gasteiger partial charge in [-0.05, 0) is 61.9 Å². The maximum Gasteiger partial charge on any atom is 0.244 e. The van der Waals surface area contributed by atoms with Crippen molar-refractivity contribution in [1.82, 2.24) is 0 Å². The molecule has 0 aromatic rings. The molecule has 0 heterocycles. The van der Waals surface area contributed by atoms with Gasteiger partial charge >= 0.3 is 0 Å². The molecular formula is C19H24F2O2. The molecule has 3 fully saturated rings. The SMILES string of the molecule is C[C@]12CC[C@H]3[C@@H](CCC4CC(=O)CC[C@@]43C(F)F)[C@@H]1C=CC2=O. The van der Waals surface area contributed by atoms with E-state index < -0.39 is 11.8 Å². The monoisotopic (exact) mass is 322 g/mol. The van der Waals surface area contributed by atoms with Gasteiger partial charge < -0.3 is 0 Å². The van der Waals surface area contributed by atoms with E-state index in [1.54, 1.807) is 6.08 Å². The molecule has 4 aliphatic rings. The number of ketones is 2. The highest BCUT2D eigenvalue weighted by Gasteiger charge is 2.63. The molecule has 126 valence electrons. The molecule has 0 aromatic heterocycles. The van der Waals surface area contributed by atoms with Gasteiger partial charge in [0.25, 0.3) is 0 Å². The number of rotatable bonds is 1. The van der Waals surface area contributed by atoms with Crippen LogP contribution in [0.3, 0.4) is 0 Å². The van der Waals surface area contributed by atoms with E-state index in [2.05, 4.69) is 0 Å². The van der Waals surface area contributed by atoms with E-state index in [1.165, 1.54) is 0 Å². The van der Waals surface area contributed by atoms with Crippen molar-refractivity contribution < 1.29 is 18.4 Å². The number of hydrogen-bond donors (Lipinski definition) is 0. The molecule has 0 amide bonds. The van der Waals surface area contributed by atoms with E-state index in [0.29, 0.717) is 38.5 Å². The molecule has 3 saturated carbocycles. The Morgan fingerprint density at radius 3 is 2.70 bits per heavy atom. The van der Waals surface area contributed by atoms with Gasteiger partial charge in [-0.1, -0.05) is 13.0 Å². The van der Waals surface area contributed by atoms with Gasteiger partial charge in [0.1, 0.15) is 5.78 Å². The number of halogens is 2. The Morgan fingerprint density at radius 1 is 1.17 bits per heavy atom. The van der Waals surface area contributed by atoms with Crippen LogP contribution >= 0.6 is 0 Å². The first kappa shape index (κ1) is 15.5. The second-order valence-electron chi connectivity index (χ2n) is 8.41. The molecular weight excluding hydrogens is 298 g/mol. The van der Waals surface area contributed by atoms with Gasteiger partial charge in [-0.2, -0.15) is 0 Å². The summed E-state index contributed by atoms with van der Waals surface area (Å²) in [6, 6.07) is 0. The number of fused-ring (bicyclic) bond motifs is 5. The van der Waals surface area contributed by atoms with Crippen LogP contribution in [-0.2, 0) is 9.59 Å². The Labute approximate surface area is 135 Å². The summed E-state index contributed by atoms with van der Waals surface area (Å²) in [5.74, 6) is 0.422. The van der Waals surface area contributed by atoms with Gasteiger partial charge in [0.15, 0.2) is 5.78 Å². The van der Waals surface area contributed by atoms with E-state index in [9.17, 15) is 18.4 Å². The van der Waals surface area contributed by atoms with Crippen LogP contribution < -0.4 is 0 Å². The molecule has 0 aliphatic heterocycles. The molecule has 0 bridgehead atoms. The highest BCUT2D eigenvalue weighted by Crippen LogP contribution is 2.65. The van der Waals surface area contributed by atoms with Crippen LogP contribution in [0.4, 0.5) is 8.78 Å². The zero-order valence-corrected chi connectivity index (χ0v) is 13.6. The van der Waals surface area contributed by atoms with Crippen molar-refractivity contribution in [2.45, 2.75) is 58.3 Å². The van der Waals surface area contributed by atoms with Gasteiger partial charge in [0.05, 0.1) is 0 Å². The largest absolute Gasteiger partial charge is 0.300 e. The predicted molar refractivity (Wildman–Crippen MR) is 82.0 cm³/mol. The van der Waals surface area contributed by atoms with Crippen LogP contribution in [0, 0.1) is 34.5 Å². The van der Waals surface area contributed by atoms with Gasteiger partial charge in [-0.25, -0.2) is 8.78 Å². The molecule has 4 aliphatic carbocycles. The molecule has 4 heteroatoms. The molecule has 0 aromatic carbocycles. The topological polar surface area (TPSA) is 34.1 Å². The van der Waals surface area contributed by atoms with Crippen LogP contribution in [0.5, 0.6) is 0 Å². The molecule has 4 rings (SSSR count). The van der Waals surface area contributed by atoms with Crippen molar-refractivity contribution in [2.24, 2.45) is 34.5 Å². The minimum atomic E-state index is -2.36. The Hall–Kier alpha value is -1.06. The number of hydrogen-bond acceptors (Lipinski definition) is 2. The van der Waals surface area contributed by atoms with Crippen molar-refractivity contribution in [3.05, 3.63) is 12.2 Å². The van der Waals surface area contributed by atoms with Crippen molar-refractivity contribution in [2.75, 3.05) is 0 Å². The van der Waals surface area contributed by atoms with Crippen LogP contribution in [0.15, 0.2) is 12.2 Å². The first-order valence-corrected chi connectivity index (χ1v) is 8.92. The first-order chi connectivity index (χ1) is 10.9. The third kappa shape index (κ3) is 1.90. The summed E-state index contributed by atoms with van der Waals surface area (Å²) in [5.41, 5.74) is -1.36. The zero-order chi connectivity index (χ0) is 16.4. The lowest BCUT2D eigenvalue weighted by Crippen LogP contribution is -2.57. The third-order valence-corrected chi connectivity index (χ3v) is 7.72. The molecule has 0 N–H and O–H groups in total. The average molecular weight is 322 g/mol. The van der Waals surface area contributed by atoms with Crippen molar-refractivity contribution in [1.29, 1.82) is 0 Å². The molecule has 23 heavy (non-hydrogen) atoms. The number of carbonyl (C=O) groups excluding carboxylic acids is 2. The van der Waals surface area contributed by atoms with Crippen molar-refractivity contribution in [3.8, 4) is 0 Å². The fourth-order valence-corrected chi connectivity index (χ4v) is 6.46. The van der Waals surface area contributed by atoms with Gasteiger partial charge in [-0.3, -0.25) is 9.59 Å². The standard InChI is InChI=1S/C19H24F2O2/c1-18-8-7-15-13(14(18)4-5-16(18)23)3-2-11-10-12(22)6-9-19(11,15)17(20)21/h4-5,11,13-15,17H,2-3,6-10H2,1H3/t11?,13-,14-,15-,18-,19+/m0/s1.